The fraction of sp³-hybridized carbons (Fsp3) is 0.714. The highest BCUT2D eigenvalue weighted by Gasteiger charge is 2.29. The Labute approximate surface area is 76.2 Å². The molecule has 0 aromatic rings. The molecule has 0 radical (unpaired) electrons. The summed E-state index contributed by atoms with van der Waals surface area (Å²) in [5.41, 5.74) is 5.33. The molecule has 0 fully saturated rings. The monoisotopic (exact) mass is 187 g/mol. The van der Waals surface area contributed by atoms with Crippen molar-refractivity contribution >= 4 is 22.0 Å². The van der Waals surface area contributed by atoms with Crippen LogP contribution in [0.4, 0.5) is 0 Å². The molecule has 0 saturated heterocycles. The van der Waals surface area contributed by atoms with Gasteiger partial charge in [-0.05, 0) is 25.6 Å². The number of rotatable bonds is 0. The lowest BCUT2D eigenvalue weighted by Crippen LogP contribution is -2.19. The first-order chi connectivity index (χ1) is 5.53. The minimum atomic E-state index is -0.184. The van der Waals surface area contributed by atoms with E-state index < -0.39 is 0 Å². The van der Waals surface area contributed by atoms with Gasteiger partial charge < -0.3 is 10.6 Å². The van der Waals surface area contributed by atoms with Crippen LogP contribution in [0.5, 0.6) is 0 Å². The van der Waals surface area contributed by atoms with Crippen LogP contribution >= 0.6 is 11.8 Å². The average Bonchev–Trinajstić information content (AvgIpc) is 2.30. The lowest BCUT2D eigenvalue weighted by atomic mass is 10.1. The smallest absolute Gasteiger partial charge is 0.159 e. The number of nitrogens with two attached hydrogens (primary N) is 1. The molecule has 0 saturated carbocycles. The third kappa shape index (κ3) is 2.41. The summed E-state index contributed by atoms with van der Waals surface area (Å²) in [4.78, 5) is 8.98. The van der Waals surface area contributed by atoms with Crippen LogP contribution in [0.15, 0.2) is 10.1 Å². The standard InChI is InChI=1S/C7H13N3OS/c1-7(2)4-5(10-11-7)12-6(8)9-3/h4H2,1-3H3,(H2,8,9). The zero-order chi connectivity index (χ0) is 9.19. The summed E-state index contributed by atoms with van der Waals surface area (Å²) in [5.74, 6) is 0. The van der Waals surface area contributed by atoms with Gasteiger partial charge in [0.1, 0.15) is 10.6 Å². The van der Waals surface area contributed by atoms with E-state index in [-0.39, 0.29) is 5.60 Å². The Bertz CT molecular complexity index is 235. The third-order valence-electron chi connectivity index (χ3n) is 1.41. The number of hydrogen-bond donors (Lipinski definition) is 1. The van der Waals surface area contributed by atoms with Gasteiger partial charge in [-0.1, -0.05) is 5.16 Å². The van der Waals surface area contributed by atoms with Crippen molar-refractivity contribution in [3.63, 3.8) is 0 Å². The summed E-state index contributed by atoms with van der Waals surface area (Å²) >= 11 is 1.36. The second-order valence-electron chi connectivity index (χ2n) is 3.18. The zero-order valence-electron chi connectivity index (χ0n) is 7.50. The first kappa shape index (κ1) is 9.38. The van der Waals surface area contributed by atoms with Crippen LogP contribution in [-0.2, 0) is 4.84 Å². The van der Waals surface area contributed by atoms with Gasteiger partial charge in [0.05, 0.1) is 0 Å². The van der Waals surface area contributed by atoms with Gasteiger partial charge in [0.15, 0.2) is 5.17 Å². The molecule has 0 aromatic heterocycles. The van der Waals surface area contributed by atoms with E-state index in [9.17, 15) is 0 Å². The summed E-state index contributed by atoms with van der Waals surface area (Å²) in [5, 5.41) is 5.31. The summed E-state index contributed by atoms with van der Waals surface area (Å²) in [6.07, 6.45) is 0.799. The van der Waals surface area contributed by atoms with Crippen molar-refractivity contribution in [1.29, 1.82) is 0 Å². The maximum Gasteiger partial charge on any atom is 0.159 e. The minimum absolute atomic E-state index is 0.184. The first-order valence-corrected chi connectivity index (χ1v) is 4.50. The van der Waals surface area contributed by atoms with Crippen molar-refractivity contribution in [1.82, 2.24) is 0 Å². The third-order valence-corrected chi connectivity index (χ3v) is 2.26. The van der Waals surface area contributed by atoms with Crippen molar-refractivity contribution in [2.24, 2.45) is 15.9 Å². The van der Waals surface area contributed by atoms with Crippen LogP contribution in [0, 0.1) is 0 Å². The molecular formula is C7H13N3OS. The van der Waals surface area contributed by atoms with Crippen LogP contribution < -0.4 is 5.73 Å². The molecular weight excluding hydrogens is 174 g/mol. The molecule has 5 heteroatoms. The molecule has 0 amide bonds. The van der Waals surface area contributed by atoms with Crippen molar-refractivity contribution in [3.05, 3.63) is 0 Å². The molecule has 68 valence electrons. The highest BCUT2D eigenvalue weighted by Crippen LogP contribution is 2.27. The second kappa shape index (κ2) is 3.35. The molecule has 2 N–H and O–H groups in total. The van der Waals surface area contributed by atoms with Crippen molar-refractivity contribution in [3.8, 4) is 0 Å². The lowest BCUT2D eigenvalue weighted by molar-refractivity contribution is 0.0123. The maximum atomic E-state index is 5.52. The molecule has 0 spiro atoms. The molecule has 1 aliphatic heterocycles. The van der Waals surface area contributed by atoms with E-state index in [1.165, 1.54) is 11.8 Å². The number of amidine groups is 1. The molecule has 0 unspecified atom stereocenters. The molecule has 12 heavy (non-hydrogen) atoms. The molecule has 0 atom stereocenters. The molecule has 0 bridgehead atoms. The Morgan fingerprint density at radius 3 is 2.83 bits per heavy atom. The van der Waals surface area contributed by atoms with Gasteiger partial charge in [0.25, 0.3) is 0 Å². The minimum Gasteiger partial charge on any atom is -0.389 e. The Kier molecular flexibility index (Phi) is 2.62. The Balaban J connectivity index is 2.48. The number of aliphatic imine (C=N–C) groups is 1. The van der Waals surface area contributed by atoms with Crippen molar-refractivity contribution < 1.29 is 4.84 Å². The van der Waals surface area contributed by atoms with E-state index in [1.807, 2.05) is 13.8 Å². The second-order valence-corrected chi connectivity index (χ2v) is 4.27. The van der Waals surface area contributed by atoms with Gasteiger partial charge in [-0.25, -0.2) is 0 Å². The largest absolute Gasteiger partial charge is 0.389 e. The van der Waals surface area contributed by atoms with Gasteiger partial charge in [-0.3, -0.25) is 4.99 Å². The summed E-state index contributed by atoms with van der Waals surface area (Å²) < 4.78 is 0. The fourth-order valence-corrected chi connectivity index (χ4v) is 1.65. The highest BCUT2D eigenvalue weighted by atomic mass is 32.2. The molecule has 0 aliphatic carbocycles. The van der Waals surface area contributed by atoms with Gasteiger partial charge in [-0.15, -0.1) is 0 Å². The Morgan fingerprint density at radius 2 is 2.42 bits per heavy atom. The van der Waals surface area contributed by atoms with E-state index in [4.69, 9.17) is 10.6 Å². The number of thioether (sulfide) groups is 1. The normalized spacial score (nSPS) is 21.9. The fourth-order valence-electron chi connectivity index (χ4n) is 0.824. The molecule has 1 heterocycles. The van der Waals surface area contributed by atoms with Crippen molar-refractivity contribution in [2.45, 2.75) is 25.9 Å². The predicted molar refractivity (Wildman–Crippen MR) is 52.4 cm³/mol. The summed E-state index contributed by atoms with van der Waals surface area (Å²) in [6.45, 7) is 3.98. The molecule has 0 aromatic carbocycles. The highest BCUT2D eigenvalue weighted by molar-refractivity contribution is 8.26. The zero-order valence-corrected chi connectivity index (χ0v) is 8.31. The van der Waals surface area contributed by atoms with E-state index in [0.717, 1.165) is 11.5 Å². The predicted octanol–water partition coefficient (Wildman–Crippen LogP) is 1.18. The Morgan fingerprint density at radius 1 is 1.75 bits per heavy atom. The Hall–Kier alpha value is -0.710. The van der Waals surface area contributed by atoms with Crippen LogP contribution in [0.3, 0.4) is 0 Å². The van der Waals surface area contributed by atoms with Crippen LogP contribution in [0.25, 0.3) is 0 Å². The molecule has 1 aliphatic rings. The van der Waals surface area contributed by atoms with Crippen molar-refractivity contribution in [2.75, 3.05) is 7.05 Å². The topological polar surface area (TPSA) is 60.0 Å². The molecule has 4 nitrogen and oxygen atoms in total. The van der Waals surface area contributed by atoms with E-state index in [1.54, 1.807) is 7.05 Å². The van der Waals surface area contributed by atoms with Gasteiger partial charge in [-0.2, -0.15) is 0 Å². The summed E-state index contributed by atoms with van der Waals surface area (Å²) in [6, 6.07) is 0. The van der Waals surface area contributed by atoms with Crippen LogP contribution in [0.1, 0.15) is 20.3 Å². The van der Waals surface area contributed by atoms with Gasteiger partial charge in [0, 0.05) is 13.5 Å². The van der Waals surface area contributed by atoms with Gasteiger partial charge in [0.2, 0.25) is 0 Å². The summed E-state index contributed by atoms with van der Waals surface area (Å²) in [7, 11) is 1.66. The van der Waals surface area contributed by atoms with Crippen LogP contribution in [-0.4, -0.2) is 22.9 Å². The van der Waals surface area contributed by atoms with E-state index in [2.05, 4.69) is 10.1 Å². The van der Waals surface area contributed by atoms with E-state index >= 15 is 0 Å². The molecule has 1 rings (SSSR count). The maximum absolute atomic E-state index is 5.52. The number of nitrogens with zero attached hydrogens (tertiary/aromatic N) is 2. The quantitative estimate of drug-likeness (QED) is 0.457. The van der Waals surface area contributed by atoms with Gasteiger partial charge >= 0.3 is 0 Å². The van der Waals surface area contributed by atoms with Crippen LogP contribution in [0.2, 0.25) is 0 Å². The first-order valence-electron chi connectivity index (χ1n) is 3.69. The average molecular weight is 187 g/mol. The number of oxime groups is 1. The lowest BCUT2D eigenvalue weighted by Gasteiger charge is -2.12. The van der Waals surface area contributed by atoms with E-state index in [0.29, 0.717) is 5.17 Å². The SMILES string of the molecule is CN=C(N)SC1=NOC(C)(C)C1. The number of hydrogen-bond acceptors (Lipinski definition) is 4.